The molecule has 2 radical (unpaired) electrons. The zero-order valence-corrected chi connectivity index (χ0v) is 2.53. The summed E-state index contributed by atoms with van der Waals surface area (Å²) in [5.74, 6) is 0. The first-order valence-corrected chi connectivity index (χ1v) is 1.13. The molecule has 0 aliphatic rings. The van der Waals surface area contributed by atoms with Crippen LogP contribution in [0.2, 0.25) is 6.82 Å². The Labute approximate surface area is 26.9 Å². The Balaban J connectivity index is 1.97. The highest BCUT2D eigenvalue weighted by Gasteiger charge is 1.72. The van der Waals surface area contributed by atoms with Crippen molar-refractivity contribution in [3.63, 3.8) is 0 Å². The number of hydrogen-bond acceptors (Lipinski definition) is 0. The Hall–Kier alpha value is 0.0599. The van der Waals surface area contributed by atoms with E-state index in [2.05, 4.69) is 0 Å². The predicted molar refractivity (Wildman–Crippen MR) is 18.5 cm³/mol. The minimum Gasteiger partial charge on any atom is -0.355 e. The van der Waals surface area contributed by atoms with Gasteiger partial charge in [-0.05, 0) is 0 Å². The lowest BCUT2D eigenvalue weighted by atomic mass is 9.55. The molecule has 0 rings (SSSR count). The van der Waals surface area contributed by atoms with E-state index < -0.39 is 0 Å². The minimum atomic E-state index is 0.500. The van der Waals surface area contributed by atoms with Crippen LogP contribution < -0.4 is 0 Å². The van der Waals surface area contributed by atoms with Crippen molar-refractivity contribution >= 4 is 14.6 Å². The van der Waals surface area contributed by atoms with Crippen LogP contribution in [0.25, 0.3) is 0 Å². The number of hydrogen-bond donors (Lipinski definition) is 0. The molecule has 0 nitrogen and oxygen atoms in total. The third-order valence-corrected chi connectivity index (χ3v) is 0.126. The zero-order valence-electron chi connectivity index (χ0n) is 2.53. The molecule has 0 spiro atoms. The van der Waals surface area contributed by atoms with E-state index in [-0.39, 0.29) is 0 Å². The maximum Gasteiger partial charge on any atom is 0.300 e. The fraction of sp³-hybridized carbons (Fsp3) is 1.00. The highest BCUT2D eigenvalue weighted by Crippen LogP contribution is 1.49. The van der Waals surface area contributed by atoms with Crippen molar-refractivity contribution in [1.29, 1.82) is 0 Å². The fourth-order valence-corrected chi connectivity index (χ4v) is 0. The molecule has 3 heteroatoms. The monoisotopic (exact) mass is 56.0 g/mol. The van der Waals surface area contributed by atoms with Crippen LogP contribution in [0.15, 0.2) is 0 Å². The SMILES string of the molecule is C[B][B]F. The third kappa shape index (κ3) is 2.06. The number of rotatable bonds is 1. The second-order valence-corrected chi connectivity index (χ2v) is 0.459. The van der Waals surface area contributed by atoms with Gasteiger partial charge in [-0.25, -0.2) is 0 Å². The summed E-state index contributed by atoms with van der Waals surface area (Å²) in [4.78, 5) is 0. The van der Waals surface area contributed by atoms with Gasteiger partial charge >= 0.3 is 7.45 Å². The van der Waals surface area contributed by atoms with Crippen molar-refractivity contribution in [1.82, 2.24) is 0 Å². The average molecular weight is 55.7 g/mol. The Morgan fingerprint density at radius 1 is 1.75 bits per heavy atom. The maximum atomic E-state index is 10.5. The summed E-state index contributed by atoms with van der Waals surface area (Å²) < 4.78 is 10.5. The van der Waals surface area contributed by atoms with Crippen LogP contribution in [0, 0.1) is 0 Å². The van der Waals surface area contributed by atoms with Crippen molar-refractivity contribution in [2.24, 2.45) is 0 Å². The maximum absolute atomic E-state index is 10.5. The molecule has 20 valence electrons. The third-order valence-electron chi connectivity index (χ3n) is 0.126. The van der Waals surface area contributed by atoms with Crippen molar-refractivity contribution in [2.45, 2.75) is 6.82 Å². The van der Waals surface area contributed by atoms with E-state index in [9.17, 15) is 4.32 Å². The largest absolute Gasteiger partial charge is 0.355 e. The topological polar surface area (TPSA) is 0 Å². The molecule has 0 amide bonds. The molecule has 0 saturated heterocycles. The highest BCUT2D eigenvalue weighted by molar-refractivity contribution is 6.96. The first-order chi connectivity index (χ1) is 1.91. The van der Waals surface area contributed by atoms with Crippen LogP contribution in [0.5, 0.6) is 0 Å². The molecule has 4 heavy (non-hydrogen) atoms. The quantitative estimate of drug-likeness (QED) is 0.377. The minimum absolute atomic E-state index is 0.500. The Morgan fingerprint density at radius 3 is 2.00 bits per heavy atom. The van der Waals surface area contributed by atoms with E-state index in [0.29, 0.717) is 7.45 Å². The summed E-state index contributed by atoms with van der Waals surface area (Å²) in [5.41, 5.74) is 0. The van der Waals surface area contributed by atoms with E-state index in [4.69, 9.17) is 0 Å². The van der Waals surface area contributed by atoms with Gasteiger partial charge in [-0.1, -0.05) is 6.82 Å². The second-order valence-electron chi connectivity index (χ2n) is 0.459. The molecule has 0 aromatic carbocycles. The molecule has 0 fully saturated rings. The van der Waals surface area contributed by atoms with E-state index in [1.54, 1.807) is 6.82 Å². The Kier molecular flexibility index (Phi) is 3.11. The van der Waals surface area contributed by atoms with Crippen LogP contribution in [0.3, 0.4) is 0 Å². The van der Waals surface area contributed by atoms with Gasteiger partial charge in [-0.2, -0.15) is 0 Å². The van der Waals surface area contributed by atoms with E-state index >= 15 is 0 Å². The normalized spacial score (nSPS) is 5.50. The zero-order chi connectivity index (χ0) is 3.41. The first kappa shape index (κ1) is 4.06. The predicted octanol–water partition coefficient (Wildman–Crippen LogP) is 0.242. The summed E-state index contributed by atoms with van der Waals surface area (Å²) in [6.07, 6.45) is 0. The van der Waals surface area contributed by atoms with E-state index in [1.165, 1.54) is 7.17 Å². The van der Waals surface area contributed by atoms with Gasteiger partial charge in [0.05, 0.1) is 0 Å². The number of halogens is 1. The van der Waals surface area contributed by atoms with Gasteiger partial charge in [-0.15, -0.1) is 0 Å². The average Bonchev–Trinajstić information content (AvgIpc) is 1.37. The Morgan fingerprint density at radius 2 is 2.00 bits per heavy atom. The summed E-state index contributed by atoms with van der Waals surface area (Å²) in [6.45, 7) is 1.62. The standard InChI is InChI=1S/CH3B2F/c1-2-3-4/h1H3. The van der Waals surface area contributed by atoms with E-state index in [1.807, 2.05) is 0 Å². The van der Waals surface area contributed by atoms with Gasteiger partial charge in [0.1, 0.15) is 7.17 Å². The lowest BCUT2D eigenvalue weighted by Gasteiger charge is -1.55. The van der Waals surface area contributed by atoms with Crippen molar-refractivity contribution in [3.8, 4) is 0 Å². The Bertz CT molecular complexity index is 8.00. The molecule has 0 heterocycles. The van der Waals surface area contributed by atoms with Gasteiger partial charge in [0.25, 0.3) is 0 Å². The van der Waals surface area contributed by atoms with Gasteiger partial charge < -0.3 is 4.32 Å². The smallest absolute Gasteiger partial charge is 0.300 e. The van der Waals surface area contributed by atoms with Gasteiger partial charge in [0.15, 0.2) is 0 Å². The van der Waals surface area contributed by atoms with Gasteiger partial charge in [0.2, 0.25) is 0 Å². The lowest BCUT2D eigenvalue weighted by molar-refractivity contribution is 0.892. The molecule has 0 aliphatic carbocycles. The van der Waals surface area contributed by atoms with Gasteiger partial charge in [-0.3, -0.25) is 0 Å². The summed E-state index contributed by atoms with van der Waals surface area (Å²) in [7, 11) is 1.83. The molecule has 0 N–H and O–H groups in total. The molecular weight excluding hydrogens is 52.6 g/mol. The van der Waals surface area contributed by atoms with Crippen LogP contribution in [0.1, 0.15) is 0 Å². The molecule has 0 saturated carbocycles. The van der Waals surface area contributed by atoms with Crippen LogP contribution in [-0.2, 0) is 0 Å². The molecule has 0 bridgehead atoms. The summed E-state index contributed by atoms with van der Waals surface area (Å²) >= 11 is 0. The summed E-state index contributed by atoms with van der Waals surface area (Å²) in [6, 6.07) is 0. The van der Waals surface area contributed by atoms with Crippen molar-refractivity contribution in [2.75, 3.05) is 0 Å². The molecule has 0 atom stereocenters. The molecular formula is CH3B2F. The van der Waals surface area contributed by atoms with Crippen molar-refractivity contribution < 1.29 is 4.32 Å². The second kappa shape index (κ2) is 3.06. The molecule has 0 aromatic rings. The molecule has 0 aliphatic heterocycles. The lowest BCUT2D eigenvalue weighted by Crippen LogP contribution is -1.84. The first-order valence-electron chi connectivity index (χ1n) is 1.13. The molecule has 0 aromatic heterocycles. The van der Waals surface area contributed by atoms with Gasteiger partial charge in [0, 0.05) is 0 Å². The van der Waals surface area contributed by atoms with Crippen molar-refractivity contribution in [3.05, 3.63) is 0 Å². The van der Waals surface area contributed by atoms with E-state index in [0.717, 1.165) is 0 Å². The summed E-state index contributed by atoms with van der Waals surface area (Å²) in [5, 5.41) is 0. The van der Waals surface area contributed by atoms with Crippen LogP contribution >= 0.6 is 0 Å². The fourth-order valence-electron chi connectivity index (χ4n) is 0. The highest BCUT2D eigenvalue weighted by atomic mass is 19.1. The van der Waals surface area contributed by atoms with Crippen LogP contribution in [0.4, 0.5) is 4.32 Å². The van der Waals surface area contributed by atoms with Crippen LogP contribution in [-0.4, -0.2) is 14.6 Å². The molecule has 0 unspecified atom stereocenters.